The third-order valence-electron chi connectivity index (χ3n) is 3.46. The van der Waals surface area contributed by atoms with Crippen molar-refractivity contribution in [3.05, 3.63) is 33.8 Å². The number of carboxylic acid groups (broad SMARTS) is 1. The zero-order valence-corrected chi connectivity index (χ0v) is 15.0. The van der Waals surface area contributed by atoms with Gasteiger partial charge in [-0.1, -0.05) is 28.1 Å². The maximum atomic E-state index is 12.5. The highest BCUT2D eigenvalue weighted by atomic mass is 79.9. The first-order chi connectivity index (χ1) is 10.7. The van der Waals surface area contributed by atoms with Gasteiger partial charge >= 0.3 is 5.97 Å². The Balaban J connectivity index is 2.82. The molecule has 0 aliphatic heterocycles. The van der Waals surface area contributed by atoms with Gasteiger partial charge < -0.3 is 15.3 Å². The van der Waals surface area contributed by atoms with Gasteiger partial charge in [-0.2, -0.15) is 0 Å². The molecule has 126 valence electrons. The number of carboxylic acids is 1. The molecule has 0 bridgehead atoms. The first kappa shape index (κ1) is 19.2. The van der Waals surface area contributed by atoms with Crippen molar-refractivity contribution in [1.29, 1.82) is 0 Å². The topological polar surface area (TPSA) is 86.7 Å². The molecule has 23 heavy (non-hydrogen) atoms. The van der Waals surface area contributed by atoms with Gasteiger partial charge in [0.1, 0.15) is 6.04 Å². The summed E-state index contributed by atoms with van der Waals surface area (Å²) in [6.45, 7) is 5.15. The Bertz CT molecular complexity index is 604. The van der Waals surface area contributed by atoms with Crippen LogP contribution < -0.4 is 5.32 Å². The Morgan fingerprint density at radius 1 is 1.35 bits per heavy atom. The fourth-order valence-corrected chi connectivity index (χ4v) is 2.47. The Labute approximate surface area is 144 Å². The lowest BCUT2D eigenvalue weighted by atomic mass is 10.1. The second-order valence-electron chi connectivity index (χ2n) is 5.34. The van der Waals surface area contributed by atoms with E-state index in [0.29, 0.717) is 0 Å². The van der Waals surface area contributed by atoms with E-state index in [-0.39, 0.29) is 31.3 Å². The highest BCUT2D eigenvalue weighted by molar-refractivity contribution is 9.10. The highest BCUT2D eigenvalue weighted by Crippen LogP contribution is 2.18. The van der Waals surface area contributed by atoms with Gasteiger partial charge in [-0.25, -0.2) is 4.79 Å². The summed E-state index contributed by atoms with van der Waals surface area (Å²) in [5.41, 5.74) is 1.86. The molecule has 0 spiro atoms. The normalized spacial score (nSPS) is 11.7. The van der Waals surface area contributed by atoms with E-state index in [1.54, 1.807) is 0 Å². The lowest BCUT2D eigenvalue weighted by Gasteiger charge is -2.26. The van der Waals surface area contributed by atoms with E-state index in [1.807, 2.05) is 25.1 Å². The molecule has 1 rings (SSSR count). The number of nitrogens with zero attached hydrogens (tertiary/aromatic N) is 1. The van der Waals surface area contributed by atoms with Crippen molar-refractivity contribution in [2.75, 3.05) is 13.1 Å². The van der Waals surface area contributed by atoms with E-state index in [1.165, 1.54) is 18.7 Å². The van der Waals surface area contributed by atoms with Gasteiger partial charge in [0.2, 0.25) is 11.8 Å². The molecule has 1 aromatic rings. The molecule has 2 N–H and O–H groups in total. The molecule has 0 aliphatic rings. The number of carbonyl (C=O) groups excluding carboxylic acids is 2. The van der Waals surface area contributed by atoms with Crippen molar-refractivity contribution in [3.8, 4) is 0 Å². The number of hydrogen-bond donors (Lipinski definition) is 2. The lowest BCUT2D eigenvalue weighted by Crippen LogP contribution is -2.47. The van der Waals surface area contributed by atoms with Gasteiger partial charge in [0.15, 0.2) is 0 Å². The summed E-state index contributed by atoms with van der Waals surface area (Å²) in [6.07, 6.45) is 0.108. The SMILES string of the molecule is CC(=O)NCCN(C(=O)Cc1ccc(C)c(Br)c1)C(C)C(=O)O. The average Bonchev–Trinajstić information content (AvgIpc) is 2.46. The summed E-state index contributed by atoms with van der Waals surface area (Å²) in [6, 6.07) is 4.64. The van der Waals surface area contributed by atoms with Crippen molar-refractivity contribution in [2.24, 2.45) is 0 Å². The van der Waals surface area contributed by atoms with E-state index in [4.69, 9.17) is 5.11 Å². The second kappa shape index (κ2) is 8.67. The standard InChI is InChI=1S/C16H21BrN2O4/c1-10-4-5-13(8-14(10)17)9-15(21)19(11(2)16(22)23)7-6-18-12(3)20/h4-5,8,11H,6-7,9H2,1-3H3,(H,18,20)(H,22,23). The number of aliphatic carboxylic acids is 1. The van der Waals surface area contributed by atoms with Crippen LogP contribution >= 0.6 is 15.9 Å². The third kappa shape index (κ3) is 6.02. The summed E-state index contributed by atoms with van der Waals surface area (Å²) in [5, 5.41) is 11.7. The van der Waals surface area contributed by atoms with Gasteiger partial charge in [-0.05, 0) is 31.0 Å². The zero-order chi connectivity index (χ0) is 17.6. The maximum absolute atomic E-state index is 12.5. The van der Waals surface area contributed by atoms with Crippen molar-refractivity contribution in [2.45, 2.75) is 33.2 Å². The predicted molar refractivity (Wildman–Crippen MR) is 90.1 cm³/mol. The molecule has 0 saturated carbocycles. The molecule has 7 heteroatoms. The number of amides is 2. The van der Waals surface area contributed by atoms with Crippen LogP contribution in [-0.4, -0.2) is 46.9 Å². The highest BCUT2D eigenvalue weighted by Gasteiger charge is 2.25. The van der Waals surface area contributed by atoms with E-state index in [0.717, 1.165) is 15.6 Å². The van der Waals surface area contributed by atoms with Crippen molar-refractivity contribution in [3.63, 3.8) is 0 Å². The molecule has 0 saturated heterocycles. The number of aryl methyl sites for hydroxylation is 1. The summed E-state index contributed by atoms with van der Waals surface area (Å²) >= 11 is 3.42. The predicted octanol–water partition coefficient (Wildman–Crippen LogP) is 1.74. The summed E-state index contributed by atoms with van der Waals surface area (Å²) < 4.78 is 0.902. The van der Waals surface area contributed by atoms with Crippen molar-refractivity contribution >= 4 is 33.7 Å². The number of nitrogens with one attached hydrogen (secondary N) is 1. The number of hydrogen-bond acceptors (Lipinski definition) is 3. The monoisotopic (exact) mass is 384 g/mol. The summed E-state index contributed by atoms with van der Waals surface area (Å²) in [5.74, 6) is -1.59. The number of carbonyl (C=O) groups is 3. The summed E-state index contributed by atoms with van der Waals surface area (Å²) in [4.78, 5) is 35.9. The van der Waals surface area contributed by atoms with Crippen LogP contribution in [0.3, 0.4) is 0 Å². The minimum Gasteiger partial charge on any atom is -0.480 e. The average molecular weight is 385 g/mol. The van der Waals surface area contributed by atoms with Crippen LogP contribution in [0.5, 0.6) is 0 Å². The van der Waals surface area contributed by atoms with Crippen molar-refractivity contribution in [1.82, 2.24) is 10.2 Å². The minimum absolute atomic E-state index is 0.108. The molecule has 1 aromatic carbocycles. The van der Waals surface area contributed by atoms with Gasteiger partial charge in [0, 0.05) is 24.5 Å². The molecule has 0 fully saturated rings. The Morgan fingerprint density at radius 2 is 2.00 bits per heavy atom. The molecule has 0 radical (unpaired) electrons. The van der Waals surface area contributed by atoms with E-state index in [9.17, 15) is 14.4 Å². The fourth-order valence-electron chi connectivity index (χ4n) is 2.04. The number of benzene rings is 1. The van der Waals surface area contributed by atoms with E-state index >= 15 is 0 Å². The Hall–Kier alpha value is -1.89. The molecule has 1 atom stereocenters. The molecule has 6 nitrogen and oxygen atoms in total. The fraction of sp³-hybridized carbons (Fsp3) is 0.438. The molecule has 0 aliphatic carbocycles. The van der Waals surface area contributed by atoms with Crippen LogP contribution in [0.1, 0.15) is 25.0 Å². The molecule has 0 aromatic heterocycles. The Kier molecular flexibility index (Phi) is 7.22. The van der Waals surface area contributed by atoms with Gasteiger partial charge in [0.05, 0.1) is 6.42 Å². The molecule has 1 unspecified atom stereocenters. The van der Waals surface area contributed by atoms with E-state index in [2.05, 4.69) is 21.2 Å². The molecule has 2 amide bonds. The first-order valence-electron chi connectivity index (χ1n) is 7.24. The smallest absolute Gasteiger partial charge is 0.326 e. The lowest BCUT2D eigenvalue weighted by molar-refractivity contribution is -0.149. The number of rotatable bonds is 7. The van der Waals surface area contributed by atoms with Crippen LogP contribution in [0, 0.1) is 6.92 Å². The van der Waals surface area contributed by atoms with Crippen LogP contribution in [0.2, 0.25) is 0 Å². The van der Waals surface area contributed by atoms with Gasteiger partial charge in [0.25, 0.3) is 0 Å². The number of halogens is 1. The quantitative estimate of drug-likeness (QED) is 0.749. The molecular weight excluding hydrogens is 364 g/mol. The van der Waals surface area contributed by atoms with Crippen LogP contribution in [0.4, 0.5) is 0 Å². The van der Waals surface area contributed by atoms with Crippen molar-refractivity contribution < 1.29 is 19.5 Å². The van der Waals surface area contributed by atoms with Gasteiger partial charge in [-0.3, -0.25) is 9.59 Å². The largest absolute Gasteiger partial charge is 0.480 e. The van der Waals surface area contributed by atoms with Crippen LogP contribution in [-0.2, 0) is 20.8 Å². The Morgan fingerprint density at radius 3 is 2.52 bits per heavy atom. The summed E-state index contributed by atoms with van der Waals surface area (Å²) in [7, 11) is 0. The van der Waals surface area contributed by atoms with Crippen LogP contribution in [0.15, 0.2) is 22.7 Å². The first-order valence-corrected chi connectivity index (χ1v) is 8.03. The minimum atomic E-state index is -1.08. The van der Waals surface area contributed by atoms with E-state index < -0.39 is 12.0 Å². The molecular formula is C16H21BrN2O4. The third-order valence-corrected chi connectivity index (χ3v) is 4.32. The second-order valence-corrected chi connectivity index (χ2v) is 6.20. The van der Waals surface area contributed by atoms with Gasteiger partial charge in [-0.15, -0.1) is 0 Å². The maximum Gasteiger partial charge on any atom is 0.326 e. The zero-order valence-electron chi connectivity index (χ0n) is 13.4. The molecule has 0 heterocycles. The van der Waals surface area contributed by atoms with Crippen LogP contribution in [0.25, 0.3) is 0 Å².